The lowest BCUT2D eigenvalue weighted by molar-refractivity contribution is 0.102. The number of tetrazole rings is 1. The van der Waals surface area contributed by atoms with Crippen molar-refractivity contribution in [2.45, 2.75) is 31.8 Å². The van der Waals surface area contributed by atoms with Crippen molar-refractivity contribution in [3.63, 3.8) is 0 Å². The van der Waals surface area contributed by atoms with Crippen LogP contribution in [0, 0.1) is 6.92 Å². The van der Waals surface area contributed by atoms with Crippen molar-refractivity contribution in [3.05, 3.63) is 65.2 Å². The number of Topliss-reactive ketones (excluding diaryl/α,β-unsaturated/α-hetero) is 1. The van der Waals surface area contributed by atoms with Crippen LogP contribution < -0.4 is 0 Å². The zero-order valence-corrected chi connectivity index (χ0v) is 15.2. The van der Waals surface area contributed by atoms with E-state index in [0.717, 1.165) is 29.7 Å². The molecule has 3 aromatic rings. The number of benzene rings is 2. The zero-order chi connectivity index (χ0) is 17.6. The maximum Gasteiger partial charge on any atom is 0.214 e. The molecular weight excluding hydrogens is 332 g/mol. The van der Waals surface area contributed by atoms with Crippen molar-refractivity contribution in [2.75, 3.05) is 5.75 Å². The number of hydrogen-bond acceptors (Lipinski definition) is 5. The van der Waals surface area contributed by atoms with Gasteiger partial charge in [0.1, 0.15) is 0 Å². The minimum atomic E-state index is 0.0758. The molecule has 0 atom stereocenters. The fourth-order valence-corrected chi connectivity index (χ4v) is 3.34. The molecule has 0 spiro atoms. The Labute approximate surface area is 151 Å². The van der Waals surface area contributed by atoms with E-state index in [-0.39, 0.29) is 5.78 Å². The molecule has 0 fully saturated rings. The summed E-state index contributed by atoms with van der Waals surface area (Å²) in [7, 11) is 0. The average Bonchev–Trinajstić information content (AvgIpc) is 3.09. The summed E-state index contributed by atoms with van der Waals surface area (Å²) < 4.78 is 1.66. The minimum absolute atomic E-state index is 0.0758. The summed E-state index contributed by atoms with van der Waals surface area (Å²) in [4.78, 5) is 12.4. The van der Waals surface area contributed by atoms with Crippen LogP contribution in [0.25, 0.3) is 5.69 Å². The summed E-state index contributed by atoms with van der Waals surface area (Å²) in [6.07, 6.45) is 2.14. The molecule has 2 aromatic carbocycles. The molecule has 6 heteroatoms. The summed E-state index contributed by atoms with van der Waals surface area (Å²) in [5.41, 5.74) is 4.01. The highest BCUT2D eigenvalue weighted by molar-refractivity contribution is 7.99. The second kappa shape index (κ2) is 8.07. The molecule has 0 aliphatic rings. The van der Waals surface area contributed by atoms with Gasteiger partial charge in [-0.1, -0.05) is 61.5 Å². The number of nitrogens with zero attached hydrogens (tertiary/aromatic N) is 4. The molecule has 5 nitrogen and oxygen atoms in total. The van der Waals surface area contributed by atoms with Gasteiger partial charge < -0.3 is 0 Å². The molecule has 0 N–H and O–H groups in total. The highest BCUT2D eigenvalue weighted by Gasteiger charge is 2.13. The zero-order valence-electron chi connectivity index (χ0n) is 14.3. The smallest absolute Gasteiger partial charge is 0.214 e. The third kappa shape index (κ3) is 4.33. The van der Waals surface area contributed by atoms with E-state index in [0.29, 0.717) is 10.9 Å². The largest absolute Gasteiger partial charge is 0.293 e. The van der Waals surface area contributed by atoms with Crippen molar-refractivity contribution in [1.29, 1.82) is 0 Å². The molecule has 0 radical (unpaired) electrons. The normalized spacial score (nSPS) is 10.8. The number of carbonyl (C=O) groups excluding carboxylic acids is 1. The van der Waals surface area contributed by atoms with Gasteiger partial charge in [-0.05, 0) is 47.0 Å². The van der Waals surface area contributed by atoms with E-state index in [1.165, 1.54) is 17.3 Å². The van der Waals surface area contributed by atoms with Crippen molar-refractivity contribution in [2.24, 2.45) is 0 Å². The predicted octanol–water partition coefficient (Wildman–Crippen LogP) is 3.90. The molecule has 0 bridgehead atoms. The van der Waals surface area contributed by atoms with Crippen LogP contribution in [-0.2, 0) is 6.42 Å². The lowest BCUT2D eigenvalue weighted by Crippen LogP contribution is -2.05. The van der Waals surface area contributed by atoms with Gasteiger partial charge in [-0.3, -0.25) is 4.79 Å². The van der Waals surface area contributed by atoms with Crippen LogP contribution in [0.4, 0.5) is 0 Å². The van der Waals surface area contributed by atoms with Crippen LogP contribution in [0.2, 0.25) is 0 Å². The first-order valence-electron chi connectivity index (χ1n) is 8.27. The SMILES string of the molecule is CCCc1ccc(C(=O)CSc2nnnn2-c2cccc(C)c2)cc1. The van der Waals surface area contributed by atoms with Gasteiger partial charge in [0, 0.05) is 5.56 Å². The molecule has 0 amide bonds. The monoisotopic (exact) mass is 352 g/mol. The molecular formula is C19H20N4OS. The molecule has 128 valence electrons. The Morgan fingerprint density at radius 2 is 1.96 bits per heavy atom. The topological polar surface area (TPSA) is 60.7 Å². The average molecular weight is 352 g/mol. The number of aryl methyl sites for hydroxylation is 2. The van der Waals surface area contributed by atoms with Crippen LogP contribution >= 0.6 is 11.8 Å². The second-order valence-corrected chi connectivity index (χ2v) is 6.81. The summed E-state index contributed by atoms with van der Waals surface area (Å²) >= 11 is 1.35. The first-order valence-corrected chi connectivity index (χ1v) is 9.26. The van der Waals surface area contributed by atoms with Gasteiger partial charge in [-0.15, -0.1) is 5.10 Å². The van der Waals surface area contributed by atoms with Gasteiger partial charge in [0.15, 0.2) is 5.78 Å². The Morgan fingerprint density at radius 3 is 2.68 bits per heavy atom. The standard InChI is InChI=1S/C19H20N4OS/c1-3-5-15-8-10-16(11-9-15)18(24)13-25-19-20-21-22-23(19)17-7-4-6-14(2)12-17/h4,6-12H,3,5,13H2,1-2H3. The first-order chi connectivity index (χ1) is 12.2. The lowest BCUT2D eigenvalue weighted by atomic mass is 10.1. The van der Waals surface area contributed by atoms with Crippen molar-refractivity contribution < 1.29 is 4.79 Å². The number of rotatable bonds is 7. The quantitative estimate of drug-likeness (QED) is 0.477. The van der Waals surface area contributed by atoms with Crippen molar-refractivity contribution in [1.82, 2.24) is 20.2 Å². The van der Waals surface area contributed by atoms with Crippen LogP contribution in [0.15, 0.2) is 53.7 Å². The van der Waals surface area contributed by atoms with E-state index in [2.05, 4.69) is 22.4 Å². The summed E-state index contributed by atoms with van der Waals surface area (Å²) in [5.74, 6) is 0.381. The number of thioether (sulfide) groups is 1. The lowest BCUT2D eigenvalue weighted by Gasteiger charge is -2.05. The fourth-order valence-electron chi connectivity index (χ4n) is 2.55. The van der Waals surface area contributed by atoms with Crippen molar-refractivity contribution >= 4 is 17.5 Å². The van der Waals surface area contributed by atoms with Crippen LogP contribution in [0.5, 0.6) is 0 Å². The summed E-state index contributed by atoms with van der Waals surface area (Å²) in [6, 6.07) is 15.8. The van der Waals surface area contributed by atoms with Gasteiger partial charge in [0.05, 0.1) is 11.4 Å². The Bertz CT molecular complexity index is 858. The number of hydrogen-bond donors (Lipinski definition) is 0. The molecule has 0 saturated carbocycles. The fraction of sp³-hybridized carbons (Fsp3) is 0.263. The van der Waals surface area contributed by atoms with Gasteiger partial charge in [-0.2, -0.15) is 4.68 Å². The number of ketones is 1. The maximum atomic E-state index is 12.4. The van der Waals surface area contributed by atoms with Crippen molar-refractivity contribution in [3.8, 4) is 5.69 Å². The van der Waals surface area contributed by atoms with Crippen LogP contribution in [0.1, 0.15) is 34.8 Å². The molecule has 3 rings (SSSR count). The van der Waals surface area contributed by atoms with E-state index >= 15 is 0 Å². The van der Waals surface area contributed by atoms with E-state index < -0.39 is 0 Å². The molecule has 1 aromatic heterocycles. The number of aromatic nitrogens is 4. The molecule has 0 aliphatic heterocycles. The second-order valence-electron chi connectivity index (χ2n) is 5.87. The Hall–Kier alpha value is -2.47. The molecule has 0 aliphatic carbocycles. The maximum absolute atomic E-state index is 12.4. The first kappa shape index (κ1) is 17.4. The Kier molecular flexibility index (Phi) is 5.60. The van der Waals surface area contributed by atoms with Gasteiger partial charge in [0.2, 0.25) is 5.16 Å². The van der Waals surface area contributed by atoms with Gasteiger partial charge >= 0.3 is 0 Å². The summed E-state index contributed by atoms with van der Waals surface area (Å²) in [6.45, 7) is 4.17. The van der Waals surface area contributed by atoms with E-state index in [1.54, 1.807) is 4.68 Å². The molecule has 0 saturated heterocycles. The molecule has 0 unspecified atom stereocenters. The highest BCUT2D eigenvalue weighted by Crippen LogP contribution is 2.20. The van der Waals surface area contributed by atoms with Crippen LogP contribution in [-0.4, -0.2) is 31.7 Å². The van der Waals surface area contributed by atoms with Gasteiger partial charge in [-0.25, -0.2) is 0 Å². The predicted molar refractivity (Wildman–Crippen MR) is 99.4 cm³/mol. The molecule has 1 heterocycles. The van der Waals surface area contributed by atoms with E-state index in [9.17, 15) is 4.79 Å². The minimum Gasteiger partial charge on any atom is -0.293 e. The highest BCUT2D eigenvalue weighted by atomic mass is 32.2. The third-order valence-corrected chi connectivity index (χ3v) is 4.75. The molecule has 25 heavy (non-hydrogen) atoms. The Balaban J connectivity index is 1.68. The number of carbonyl (C=O) groups is 1. The Morgan fingerprint density at radius 1 is 1.16 bits per heavy atom. The van der Waals surface area contributed by atoms with Gasteiger partial charge in [0.25, 0.3) is 0 Å². The van der Waals surface area contributed by atoms with E-state index in [1.807, 2.05) is 55.5 Å². The van der Waals surface area contributed by atoms with E-state index in [4.69, 9.17) is 0 Å². The summed E-state index contributed by atoms with van der Waals surface area (Å²) in [5, 5.41) is 12.4. The van der Waals surface area contributed by atoms with Crippen LogP contribution in [0.3, 0.4) is 0 Å². The third-order valence-electron chi connectivity index (χ3n) is 3.83.